The van der Waals surface area contributed by atoms with Crippen molar-refractivity contribution in [3.63, 3.8) is 0 Å². The molecule has 0 unspecified atom stereocenters. The number of benzene rings is 3. The normalized spacial score (nSPS) is 14.0. The Morgan fingerprint density at radius 1 is 0.800 bits per heavy atom. The number of rotatable bonds is 13. The van der Waals surface area contributed by atoms with Gasteiger partial charge in [0.1, 0.15) is 29.2 Å². The van der Waals surface area contributed by atoms with Gasteiger partial charge in [0.05, 0.1) is 20.8 Å². The predicted octanol–water partition coefficient (Wildman–Crippen LogP) is 5.13. The van der Waals surface area contributed by atoms with E-state index in [1.54, 1.807) is 38.5 Å². The average Bonchev–Trinajstić information content (AvgIpc) is 3.04. The molecule has 1 aliphatic rings. The second kappa shape index (κ2) is 18.3. The summed E-state index contributed by atoms with van der Waals surface area (Å²) < 4.78 is 43.9. The number of ether oxygens (including phenoxy) is 3. The van der Waals surface area contributed by atoms with Crippen LogP contribution in [0.5, 0.6) is 11.5 Å². The van der Waals surface area contributed by atoms with Gasteiger partial charge in [0.2, 0.25) is 0 Å². The van der Waals surface area contributed by atoms with E-state index in [9.17, 15) is 18.4 Å². The molecule has 9 nitrogen and oxygen atoms in total. The first-order valence-electron chi connectivity index (χ1n) is 14.3. The molecule has 1 fully saturated rings. The molecule has 0 bridgehead atoms. The van der Waals surface area contributed by atoms with Gasteiger partial charge in [0, 0.05) is 57.0 Å². The zero-order chi connectivity index (χ0) is 32.6. The third-order valence-corrected chi connectivity index (χ3v) is 6.97. The highest BCUT2D eigenvalue weighted by atomic mass is 19.1. The molecule has 0 spiro atoms. The van der Waals surface area contributed by atoms with Crippen LogP contribution in [0.4, 0.5) is 8.78 Å². The SMILES string of the molecule is COc1ccc(OC)c(C=CCN2CCN(CCOC(c3ccc(F)cc3)c3ccc(F)cc3)CC2)c1.O=C(O)/C=C\C(=O)O. The lowest BCUT2D eigenvalue weighted by molar-refractivity contribution is -0.134. The average molecular weight is 625 g/mol. The standard InChI is InChI=1S/C30H34F2N2O3.C4H4O4/c1-35-28-13-14-29(36-2)25(22-28)4-3-15-33-16-18-34(19-17-33)20-21-37-30(23-5-9-26(31)10-6-23)24-7-11-27(32)12-8-24;5-3(6)1-2-4(7)8/h3-14,22,30H,15-21H2,1-2H3;1-2H,(H,5,6)(H,7,8)/b;2-1-. The van der Waals surface area contributed by atoms with Crippen LogP contribution >= 0.6 is 0 Å². The molecule has 4 rings (SSSR count). The van der Waals surface area contributed by atoms with Crippen LogP contribution in [0.3, 0.4) is 0 Å². The minimum Gasteiger partial charge on any atom is -0.497 e. The third-order valence-electron chi connectivity index (χ3n) is 6.97. The maximum atomic E-state index is 13.4. The van der Waals surface area contributed by atoms with Crippen LogP contribution < -0.4 is 9.47 Å². The molecule has 2 N–H and O–H groups in total. The number of halogens is 2. The summed E-state index contributed by atoms with van der Waals surface area (Å²) in [5, 5.41) is 15.6. The van der Waals surface area contributed by atoms with Crippen molar-refractivity contribution in [2.45, 2.75) is 6.10 Å². The van der Waals surface area contributed by atoms with Gasteiger partial charge < -0.3 is 24.4 Å². The molecule has 1 aliphatic heterocycles. The highest BCUT2D eigenvalue weighted by Crippen LogP contribution is 2.27. The summed E-state index contributed by atoms with van der Waals surface area (Å²) in [6, 6.07) is 18.3. The number of nitrogens with zero attached hydrogens (tertiary/aromatic N) is 2. The van der Waals surface area contributed by atoms with Crippen LogP contribution in [0.15, 0.2) is 85.0 Å². The van der Waals surface area contributed by atoms with E-state index < -0.39 is 11.9 Å². The number of carbonyl (C=O) groups is 2. The van der Waals surface area contributed by atoms with Gasteiger partial charge in [-0.2, -0.15) is 0 Å². The minimum atomic E-state index is -1.26. The van der Waals surface area contributed by atoms with Crippen LogP contribution in [-0.2, 0) is 14.3 Å². The Labute approximate surface area is 261 Å². The number of carboxylic acid groups (broad SMARTS) is 2. The fraction of sp³-hybridized carbons (Fsp3) is 0.294. The molecule has 1 saturated heterocycles. The lowest BCUT2D eigenvalue weighted by Crippen LogP contribution is -2.47. The van der Waals surface area contributed by atoms with Crippen molar-refractivity contribution >= 4 is 18.0 Å². The van der Waals surface area contributed by atoms with E-state index in [1.165, 1.54) is 24.3 Å². The summed E-state index contributed by atoms with van der Waals surface area (Å²) in [6.07, 6.45) is 4.98. The molecule has 11 heteroatoms. The Balaban J connectivity index is 0.000000610. The molecule has 1 heterocycles. The van der Waals surface area contributed by atoms with Crippen LogP contribution in [0.2, 0.25) is 0 Å². The number of hydrogen-bond donors (Lipinski definition) is 2. The van der Waals surface area contributed by atoms with Crippen molar-refractivity contribution in [2.75, 3.05) is 60.1 Å². The van der Waals surface area contributed by atoms with E-state index in [1.807, 2.05) is 18.2 Å². The fourth-order valence-electron chi connectivity index (χ4n) is 4.60. The van der Waals surface area contributed by atoms with Crippen molar-refractivity contribution in [3.8, 4) is 11.5 Å². The van der Waals surface area contributed by atoms with Gasteiger partial charge in [0.25, 0.3) is 0 Å². The second-order valence-electron chi connectivity index (χ2n) is 10.0. The van der Waals surface area contributed by atoms with Crippen LogP contribution in [-0.4, -0.2) is 92.0 Å². The Kier molecular flexibility index (Phi) is 14.2. The summed E-state index contributed by atoms with van der Waals surface area (Å²) in [5.74, 6) is -1.48. The van der Waals surface area contributed by atoms with Crippen LogP contribution in [0.1, 0.15) is 22.8 Å². The fourth-order valence-corrected chi connectivity index (χ4v) is 4.60. The summed E-state index contributed by atoms with van der Waals surface area (Å²) in [4.78, 5) is 23.9. The first-order valence-corrected chi connectivity index (χ1v) is 14.3. The number of aliphatic carboxylic acids is 2. The Bertz CT molecular complexity index is 1360. The first-order chi connectivity index (χ1) is 21.7. The maximum absolute atomic E-state index is 13.4. The number of carboxylic acids is 2. The molecule has 0 radical (unpaired) electrons. The first kappa shape index (κ1) is 34.9. The summed E-state index contributed by atoms with van der Waals surface area (Å²) in [7, 11) is 3.33. The molecule has 45 heavy (non-hydrogen) atoms. The zero-order valence-electron chi connectivity index (χ0n) is 25.3. The van der Waals surface area contributed by atoms with Crippen molar-refractivity contribution in [1.82, 2.24) is 9.80 Å². The molecule has 0 atom stereocenters. The summed E-state index contributed by atoms with van der Waals surface area (Å²) >= 11 is 0. The zero-order valence-corrected chi connectivity index (χ0v) is 25.3. The van der Waals surface area contributed by atoms with Crippen LogP contribution in [0.25, 0.3) is 6.08 Å². The second-order valence-corrected chi connectivity index (χ2v) is 10.0. The van der Waals surface area contributed by atoms with Gasteiger partial charge in [0.15, 0.2) is 0 Å². The van der Waals surface area contributed by atoms with E-state index in [4.69, 9.17) is 24.4 Å². The van der Waals surface area contributed by atoms with Crippen LogP contribution in [0, 0.1) is 11.6 Å². The summed E-state index contributed by atoms with van der Waals surface area (Å²) in [5.41, 5.74) is 2.68. The Morgan fingerprint density at radius 2 is 1.33 bits per heavy atom. The van der Waals surface area contributed by atoms with E-state index in [0.29, 0.717) is 18.8 Å². The van der Waals surface area contributed by atoms with Gasteiger partial charge in [-0.25, -0.2) is 18.4 Å². The molecule has 0 amide bonds. The highest BCUT2D eigenvalue weighted by Gasteiger charge is 2.19. The lowest BCUT2D eigenvalue weighted by atomic mass is 10.0. The van der Waals surface area contributed by atoms with E-state index >= 15 is 0 Å². The van der Waals surface area contributed by atoms with Gasteiger partial charge in [-0.1, -0.05) is 36.4 Å². The summed E-state index contributed by atoms with van der Waals surface area (Å²) in [6.45, 7) is 6.03. The molecule has 3 aromatic rings. The van der Waals surface area contributed by atoms with Crippen molar-refractivity contribution in [3.05, 3.63) is 113 Å². The minimum absolute atomic E-state index is 0.294. The number of methoxy groups -OCH3 is 2. The number of piperazine rings is 1. The number of hydrogen-bond acceptors (Lipinski definition) is 7. The van der Waals surface area contributed by atoms with E-state index in [2.05, 4.69) is 22.0 Å². The topological polar surface area (TPSA) is 109 Å². The molecule has 240 valence electrons. The molecular formula is C34H38F2N2O7. The van der Waals surface area contributed by atoms with Crippen molar-refractivity contribution < 1.29 is 42.8 Å². The molecule has 3 aromatic carbocycles. The maximum Gasteiger partial charge on any atom is 0.328 e. The van der Waals surface area contributed by atoms with Gasteiger partial charge in [-0.05, 0) is 53.6 Å². The Hall–Kier alpha value is -4.58. The van der Waals surface area contributed by atoms with Crippen molar-refractivity contribution in [1.29, 1.82) is 0 Å². The largest absolute Gasteiger partial charge is 0.497 e. The van der Waals surface area contributed by atoms with E-state index in [0.717, 1.165) is 67.5 Å². The lowest BCUT2D eigenvalue weighted by Gasteiger charge is -2.34. The van der Waals surface area contributed by atoms with Gasteiger partial charge in [-0.15, -0.1) is 0 Å². The molecular weight excluding hydrogens is 586 g/mol. The quantitative estimate of drug-likeness (QED) is 0.250. The smallest absolute Gasteiger partial charge is 0.328 e. The van der Waals surface area contributed by atoms with E-state index in [-0.39, 0.29) is 17.7 Å². The molecule has 0 saturated carbocycles. The highest BCUT2D eigenvalue weighted by molar-refractivity contribution is 5.89. The monoisotopic (exact) mass is 624 g/mol. The molecule has 0 aromatic heterocycles. The Morgan fingerprint density at radius 3 is 1.82 bits per heavy atom. The predicted molar refractivity (Wildman–Crippen MR) is 166 cm³/mol. The third kappa shape index (κ3) is 12.1. The van der Waals surface area contributed by atoms with Gasteiger partial charge >= 0.3 is 11.9 Å². The van der Waals surface area contributed by atoms with Crippen molar-refractivity contribution in [2.24, 2.45) is 0 Å². The molecule has 0 aliphatic carbocycles. The van der Waals surface area contributed by atoms with Gasteiger partial charge in [-0.3, -0.25) is 9.80 Å².